The van der Waals surface area contributed by atoms with E-state index in [4.69, 9.17) is 4.74 Å². The highest BCUT2D eigenvalue weighted by molar-refractivity contribution is 5.75. The molecule has 0 aromatic carbocycles. The minimum absolute atomic E-state index is 0.130. The molecule has 98 valence electrons. The Morgan fingerprint density at radius 3 is 3.06 bits per heavy atom. The summed E-state index contributed by atoms with van der Waals surface area (Å²) in [5.74, 6) is -0.890. The summed E-state index contributed by atoms with van der Waals surface area (Å²) in [7, 11) is 0. The number of ether oxygens (including phenoxy) is 1. The fourth-order valence-corrected chi connectivity index (χ4v) is 2.05. The third kappa shape index (κ3) is 3.27. The number of pyridine rings is 1. The largest absolute Gasteiger partial charge is 0.480 e. The van der Waals surface area contributed by atoms with E-state index in [1.54, 1.807) is 12.3 Å². The number of aromatic nitrogens is 1. The molecule has 0 bridgehead atoms. The molecule has 0 aliphatic carbocycles. The monoisotopic (exact) mass is 250 g/mol. The summed E-state index contributed by atoms with van der Waals surface area (Å²) >= 11 is 0. The fourth-order valence-electron chi connectivity index (χ4n) is 2.05. The van der Waals surface area contributed by atoms with Gasteiger partial charge in [-0.2, -0.15) is 0 Å². The molecule has 2 rings (SSSR count). The Balaban J connectivity index is 1.99. The third-order valence-corrected chi connectivity index (χ3v) is 3.09. The number of aliphatic carboxylic acids is 1. The number of aryl methyl sites for hydroxylation is 1. The van der Waals surface area contributed by atoms with Crippen LogP contribution in [-0.4, -0.2) is 35.3 Å². The molecular formula is C13H18N2O3. The summed E-state index contributed by atoms with van der Waals surface area (Å²) in [5.41, 5.74) is 1.55. The SMILES string of the molecule is Cc1ccc(C(NCC2CCCO2)C(=O)O)cn1. The molecule has 1 aliphatic rings. The first-order chi connectivity index (χ1) is 8.66. The molecule has 0 saturated carbocycles. The lowest BCUT2D eigenvalue weighted by molar-refractivity contribution is -0.139. The van der Waals surface area contributed by atoms with Crippen LogP contribution in [0.3, 0.4) is 0 Å². The van der Waals surface area contributed by atoms with Crippen LogP contribution in [0.4, 0.5) is 0 Å². The zero-order valence-electron chi connectivity index (χ0n) is 10.4. The van der Waals surface area contributed by atoms with Gasteiger partial charge in [0.15, 0.2) is 0 Å². The van der Waals surface area contributed by atoms with Crippen LogP contribution < -0.4 is 5.32 Å². The Bertz CT molecular complexity index is 399. The highest BCUT2D eigenvalue weighted by atomic mass is 16.5. The van der Waals surface area contributed by atoms with Gasteiger partial charge in [0.2, 0.25) is 0 Å². The van der Waals surface area contributed by atoms with E-state index in [2.05, 4.69) is 10.3 Å². The molecule has 1 aliphatic heterocycles. The molecule has 0 amide bonds. The van der Waals surface area contributed by atoms with Gasteiger partial charge in [-0.15, -0.1) is 0 Å². The maximum Gasteiger partial charge on any atom is 0.325 e. The van der Waals surface area contributed by atoms with E-state index < -0.39 is 12.0 Å². The Labute approximate surface area is 106 Å². The van der Waals surface area contributed by atoms with E-state index in [-0.39, 0.29) is 6.10 Å². The molecule has 2 heterocycles. The zero-order valence-corrected chi connectivity index (χ0v) is 10.4. The molecule has 2 N–H and O–H groups in total. The molecule has 1 aromatic rings. The van der Waals surface area contributed by atoms with Gasteiger partial charge < -0.3 is 9.84 Å². The number of rotatable bonds is 5. The Hall–Kier alpha value is -1.46. The first-order valence-corrected chi connectivity index (χ1v) is 6.17. The van der Waals surface area contributed by atoms with Gasteiger partial charge in [-0.1, -0.05) is 6.07 Å². The van der Waals surface area contributed by atoms with E-state index in [0.29, 0.717) is 12.1 Å². The molecule has 2 unspecified atom stereocenters. The average molecular weight is 250 g/mol. The van der Waals surface area contributed by atoms with Gasteiger partial charge in [-0.05, 0) is 31.4 Å². The van der Waals surface area contributed by atoms with Gasteiger partial charge in [0.05, 0.1) is 6.10 Å². The second-order valence-corrected chi connectivity index (χ2v) is 4.55. The molecule has 0 spiro atoms. The summed E-state index contributed by atoms with van der Waals surface area (Å²) in [6, 6.07) is 2.89. The third-order valence-electron chi connectivity index (χ3n) is 3.09. The zero-order chi connectivity index (χ0) is 13.0. The lowest BCUT2D eigenvalue weighted by Gasteiger charge is -2.17. The maximum absolute atomic E-state index is 11.3. The van der Waals surface area contributed by atoms with Gasteiger partial charge in [-0.25, -0.2) is 0 Å². The molecule has 1 saturated heterocycles. The van der Waals surface area contributed by atoms with Crippen molar-refractivity contribution in [1.29, 1.82) is 0 Å². The van der Waals surface area contributed by atoms with Crippen molar-refractivity contribution >= 4 is 5.97 Å². The van der Waals surface area contributed by atoms with Crippen LogP contribution in [-0.2, 0) is 9.53 Å². The van der Waals surface area contributed by atoms with Crippen molar-refractivity contribution in [3.63, 3.8) is 0 Å². The number of nitrogens with one attached hydrogen (secondary N) is 1. The van der Waals surface area contributed by atoms with Crippen molar-refractivity contribution in [3.05, 3.63) is 29.6 Å². The van der Waals surface area contributed by atoms with Crippen molar-refractivity contribution in [2.75, 3.05) is 13.2 Å². The standard InChI is InChI=1S/C13H18N2O3/c1-9-4-5-10(7-14-9)12(13(16)17)15-8-11-3-2-6-18-11/h4-5,7,11-12,15H,2-3,6,8H2,1H3,(H,16,17). The van der Waals surface area contributed by atoms with Crippen LogP contribution in [0.25, 0.3) is 0 Å². The van der Waals surface area contributed by atoms with Crippen LogP contribution in [0.1, 0.15) is 30.1 Å². The molecular weight excluding hydrogens is 232 g/mol. The van der Waals surface area contributed by atoms with Crippen molar-refractivity contribution < 1.29 is 14.6 Å². The minimum Gasteiger partial charge on any atom is -0.480 e. The number of hydrogen-bond donors (Lipinski definition) is 2. The van der Waals surface area contributed by atoms with Gasteiger partial charge in [0, 0.05) is 25.0 Å². The summed E-state index contributed by atoms with van der Waals surface area (Å²) in [5, 5.41) is 12.3. The Morgan fingerprint density at radius 1 is 1.67 bits per heavy atom. The Kier molecular flexibility index (Phi) is 4.28. The molecule has 18 heavy (non-hydrogen) atoms. The first-order valence-electron chi connectivity index (χ1n) is 6.17. The van der Waals surface area contributed by atoms with Crippen LogP contribution in [0.5, 0.6) is 0 Å². The Morgan fingerprint density at radius 2 is 2.50 bits per heavy atom. The summed E-state index contributed by atoms with van der Waals surface area (Å²) in [6.45, 7) is 3.21. The fraction of sp³-hybridized carbons (Fsp3) is 0.538. The van der Waals surface area contributed by atoms with E-state index in [1.807, 2.05) is 13.0 Å². The minimum atomic E-state index is -0.890. The van der Waals surface area contributed by atoms with Crippen LogP contribution >= 0.6 is 0 Å². The predicted octanol–water partition coefficient (Wildman–Crippen LogP) is 1.28. The van der Waals surface area contributed by atoms with Crippen molar-refractivity contribution in [2.45, 2.75) is 31.9 Å². The first kappa shape index (κ1) is 13.0. The lowest BCUT2D eigenvalue weighted by atomic mass is 10.1. The summed E-state index contributed by atoms with van der Waals surface area (Å²) < 4.78 is 5.47. The average Bonchev–Trinajstić information content (AvgIpc) is 2.84. The number of nitrogens with zero attached hydrogens (tertiary/aromatic N) is 1. The van der Waals surface area contributed by atoms with Crippen molar-refractivity contribution in [1.82, 2.24) is 10.3 Å². The lowest BCUT2D eigenvalue weighted by Crippen LogP contribution is -2.34. The summed E-state index contributed by atoms with van der Waals surface area (Å²) in [6.07, 6.45) is 3.78. The van der Waals surface area contributed by atoms with Gasteiger partial charge in [0.25, 0.3) is 0 Å². The molecule has 1 fully saturated rings. The van der Waals surface area contributed by atoms with E-state index in [1.165, 1.54) is 0 Å². The molecule has 0 radical (unpaired) electrons. The number of hydrogen-bond acceptors (Lipinski definition) is 4. The number of carboxylic acids is 1. The topological polar surface area (TPSA) is 71.5 Å². The van der Waals surface area contributed by atoms with Gasteiger partial charge >= 0.3 is 5.97 Å². The highest BCUT2D eigenvalue weighted by Crippen LogP contribution is 2.15. The highest BCUT2D eigenvalue weighted by Gasteiger charge is 2.22. The molecule has 5 nitrogen and oxygen atoms in total. The molecule has 5 heteroatoms. The quantitative estimate of drug-likeness (QED) is 0.823. The van der Waals surface area contributed by atoms with Crippen molar-refractivity contribution in [3.8, 4) is 0 Å². The second-order valence-electron chi connectivity index (χ2n) is 4.55. The number of carbonyl (C=O) groups is 1. The number of carboxylic acid groups (broad SMARTS) is 1. The van der Waals surface area contributed by atoms with Gasteiger partial charge in [0.1, 0.15) is 6.04 Å². The smallest absolute Gasteiger partial charge is 0.325 e. The van der Waals surface area contributed by atoms with Crippen LogP contribution in [0, 0.1) is 6.92 Å². The predicted molar refractivity (Wildman–Crippen MR) is 66.3 cm³/mol. The van der Waals surface area contributed by atoms with E-state index in [9.17, 15) is 9.90 Å². The van der Waals surface area contributed by atoms with E-state index in [0.717, 1.165) is 25.1 Å². The van der Waals surface area contributed by atoms with Crippen LogP contribution in [0.15, 0.2) is 18.3 Å². The normalized spacial score (nSPS) is 20.8. The van der Waals surface area contributed by atoms with Gasteiger partial charge in [-0.3, -0.25) is 15.1 Å². The second kappa shape index (κ2) is 5.93. The molecule has 2 atom stereocenters. The van der Waals surface area contributed by atoms with E-state index >= 15 is 0 Å². The van der Waals surface area contributed by atoms with Crippen LogP contribution in [0.2, 0.25) is 0 Å². The van der Waals surface area contributed by atoms with Crippen molar-refractivity contribution in [2.24, 2.45) is 0 Å². The summed E-state index contributed by atoms with van der Waals surface area (Å²) in [4.78, 5) is 15.4. The maximum atomic E-state index is 11.3. The molecule has 1 aromatic heterocycles.